The minimum Gasteiger partial charge on any atom is -0.368 e. The number of carbonyl (C=O) groups is 3. The molecule has 1 saturated carbocycles. The Labute approximate surface area is 204 Å². The van der Waals surface area contributed by atoms with Gasteiger partial charge in [-0.2, -0.15) is 0 Å². The normalized spacial score (nSPS) is 27.1. The van der Waals surface area contributed by atoms with Gasteiger partial charge in [-0.05, 0) is 63.7 Å². The van der Waals surface area contributed by atoms with Crippen LogP contribution in [0.1, 0.15) is 57.8 Å². The van der Waals surface area contributed by atoms with E-state index in [1.807, 2.05) is 4.90 Å². The van der Waals surface area contributed by atoms with Gasteiger partial charge in [0.1, 0.15) is 11.2 Å². The predicted molar refractivity (Wildman–Crippen MR) is 130 cm³/mol. The van der Waals surface area contributed by atoms with E-state index in [1.54, 1.807) is 12.1 Å². The summed E-state index contributed by atoms with van der Waals surface area (Å²) in [6.45, 7) is 2.62. The molecule has 4 aliphatic rings. The van der Waals surface area contributed by atoms with Crippen molar-refractivity contribution in [1.82, 2.24) is 4.90 Å². The van der Waals surface area contributed by atoms with E-state index < -0.39 is 10.5 Å². The first-order chi connectivity index (χ1) is 16.8. The minimum absolute atomic E-state index is 0.137. The van der Waals surface area contributed by atoms with Crippen LogP contribution in [0.3, 0.4) is 0 Å². The quantitative estimate of drug-likeness (QED) is 0.387. The first-order valence-electron chi connectivity index (χ1n) is 12.8. The highest BCUT2D eigenvalue weighted by atomic mass is 16.6. The molecule has 3 saturated heterocycles. The van der Waals surface area contributed by atoms with Crippen LogP contribution in [0.15, 0.2) is 18.2 Å². The van der Waals surface area contributed by atoms with Crippen molar-refractivity contribution in [2.45, 2.75) is 63.3 Å². The Hall–Kier alpha value is -3.01. The van der Waals surface area contributed by atoms with Crippen molar-refractivity contribution in [1.29, 1.82) is 0 Å². The van der Waals surface area contributed by atoms with E-state index in [1.165, 1.54) is 6.07 Å². The van der Waals surface area contributed by atoms with Crippen LogP contribution >= 0.6 is 0 Å². The molecule has 0 aromatic heterocycles. The number of benzene rings is 1. The number of fused-ring (bicyclic) bond motifs is 1. The van der Waals surface area contributed by atoms with Gasteiger partial charge in [-0.15, -0.1) is 0 Å². The Bertz CT molecular complexity index is 1020. The van der Waals surface area contributed by atoms with Crippen LogP contribution < -0.4 is 15.5 Å². The molecular weight excluding hydrogens is 450 g/mol. The molecule has 10 nitrogen and oxygen atoms in total. The molecule has 1 aromatic carbocycles. The SMILES string of the molecule is NC(=O)C1(N2CCCCC2)CCN(c2ccc(N3C(=O)[C@H]4CCCC[C@H]4C3=O)cc2[N+](=O)[O-])CC1. The van der Waals surface area contributed by atoms with Crippen molar-refractivity contribution in [2.24, 2.45) is 17.6 Å². The molecule has 5 rings (SSSR count). The number of hydrogen-bond donors (Lipinski definition) is 1. The zero-order valence-electron chi connectivity index (χ0n) is 20.0. The zero-order chi connectivity index (χ0) is 24.7. The number of primary amides is 1. The van der Waals surface area contributed by atoms with E-state index in [4.69, 9.17) is 5.73 Å². The van der Waals surface area contributed by atoms with Gasteiger partial charge in [0.05, 0.1) is 22.4 Å². The third-order valence-corrected chi connectivity index (χ3v) is 8.61. The molecule has 10 heteroatoms. The standard InChI is InChI=1S/C25H33N5O5/c26-24(33)25(28-12-4-1-5-13-28)10-14-27(15-11-25)20-9-8-17(16-21(20)30(34)35)29-22(31)18-6-2-3-7-19(18)23(29)32/h8-9,16,18-19H,1-7,10-15H2,(H2,26,33)/t18-,19+. The summed E-state index contributed by atoms with van der Waals surface area (Å²) in [6, 6.07) is 4.62. The smallest absolute Gasteiger partial charge is 0.294 e. The molecular formula is C25H33N5O5. The van der Waals surface area contributed by atoms with E-state index in [0.29, 0.717) is 44.5 Å². The van der Waals surface area contributed by atoms with Crippen LogP contribution in [0, 0.1) is 22.0 Å². The van der Waals surface area contributed by atoms with Crippen LogP contribution in [-0.4, -0.2) is 59.3 Å². The molecule has 1 aromatic rings. The van der Waals surface area contributed by atoms with Gasteiger partial charge in [0, 0.05) is 19.2 Å². The Kier molecular flexibility index (Phi) is 6.25. The number of imide groups is 1. The summed E-state index contributed by atoms with van der Waals surface area (Å²) in [7, 11) is 0. The van der Waals surface area contributed by atoms with Crippen LogP contribution in [-0.2, 0) is 14.4 Å². The highest BCUT2D eigenvalue weighted by Gasteiger charge is 2.49. The van der Waals surface area contributed by atoms with Gasteiger partial charge in [0.15, 0.2) is 0 Å². The van der Waals surface area contributed by atoms with Gasteiger partial charge in [0.2, 0.25) is 17.7 Å². The van der Waals surface area contributed by atoms with E-state index in [9.17, 15) is 24.5 Å². The average molecular weight is 484 g/mol. The molecule has 2 atom stereocenters. The number of anilines is 2. The van der Waals surface area contributed by atoms with Crippen molar-refractivity contribution in [3.63, 3.8) is 0 Å². The highest BCUT2D eigenvalue weighted by Crippen LogP contribution is 2.43. The number of carbonyl (C=O) groups excluding carboxylic acids is 3. The molecule has 188 valence electrons. The number of nitrogens with two attached hydrogens (primary N) is 1. The van der Waals surface area contributed by atoms with Crippen LogP contribution in [0.5, 0.6) is 0 Å². The number of nitro benzene ring substituents is 1. The van der Waals surface area contributed by atoms with Crippen molar-refractivity contribution in [3.05, 3.63) is 28.3 Å². The first kappa shape index (κ1) is 23.7. The van der Waals surface area contributed by atoms with Crippen molar-refractivity contribution < 1.29 is 19.3 Å². The summed E-state index contributed by atoms with van der Waals surface area (Å²) in [5, 5.41) is 12.0. The molecule has 0 bridgehead atoms. The maximum Gasteiger partial charge on any atom is 0.294 e. The van der Waals surface area contributed by atoms with Crippen molar-refractivity contribution in [2.75, 3.05) is 36.0 Å². The fourth-order valence-electron chi connectivity index (χ4n) is 6.64. The lowest BCUT2D eigenvalue weighted by Gasteiger charge is -2.48. The summed E-state index contributed by atoms with van der Waals surface area (Å²) in [6.07, 6.45) is 7.48. The molecule has 3 amide bonds. The number of piperidine rings is 2. The van der Waals surface area contributed by atoms with Gasteiger partial charge >= 0.3 is 0 Å². The minimum atomic E-state index is -0.712. The number of nitrogens with zero attached hydrogens (tertiary/aromatic N) is 4. The Morgan fingerprint density at radius 1 is 0.943 bits per heavy atom. The maximum atomic E-state index is 13.0. The molecule has 0 spiro atoms. The van der Waals surface area contributed by atoms with Gasteiger partial charge in [-0.25, -0.2) is 4.90 Å². The fraction of sp³-hybridized carbons (Fsp3) is 0.640. The zero-order valence-corrected chi connectivity index (χ0v) is 20.0. The molecule has 35 heavy (non-hydrogen) atoms. The third-order valence-electron chi connectivity index (χ3n) is 8.61. The molecule has 0 radical (unpaired) electrons. The summed E-state index contributed by atoms with van der Waals surface area (Å²) < 4.78 is 0. The third kappa shape index (κ3) is 3.97. The van der Waals surface area contributed by atoms with Crippen molar-refractivity contribution >= 4 is 34.8 Å². The van der Waals surface area contributed by atoms with Crippen molar-refractivity contribution in [3.8, 4) is 0 Å². The van der Waals surface area contributed by atoms with Gasteiger partial charge < -0.3 is 10.6 Å². The molecule has 4 fully saturated rings. The summed E-state index contributed by atoms with van der Waals surface area (Å²) in [5.41, 5.74) is 5.74. The van der Waals surface area contributed by atoms with Crippen LogP contribution in [0.25, 0.3) is 0 Å². The summed E-state index contributed by atoms with van der Waals surface area (Å²) in [5.74, 6) is -1.43. The van der Waals surface area contributed by atoms with E-state index in [2.05, 4.69) is 4.90 Å². The lowest BCUT2D eigenvalue weighted by atomic mass is 9.81. The molecule has 3 aliphatic heterocycles. The second kappa shape index (κ2) is 9.22. The molecule has 1 aliphatic carbocycles. The maximum absolute atomic E-state index is 13.0. The first-order valence-corrected chi connectivity index (χ1v) is 12.8. The second-order valence-electron chi connectivity index (χ2n) is 10.4. The van der Waals surface area contributed by atoms with Crippen LogP contribution in [0.4, 0.5) is 17.1 Å². The topological polar surface area (TPSA) is 130 Å². The summed E-state index contributed by atoms with van der Waals surface area (Å²) in [4.78, 5) is 55.4. The number of likely N-dealkylation sites (tertiary alicyclic amines) is 1. The van der Waals surface area contributed by atoms with Crippen LogP contribution in [0.2, 0.25) is 0 Å². The van der Waals surface area contributed by atoms with Gasteiger partial charge in [-0.3, -0.25) is 29.4 Å². The van der Waals surface area contributed by atoms with Gasteiger partial charge in [0.25, 0.3) is 5.69 Å². The van der Waals surface area contributed by atoms with E-state index in [-0.39, 0.29) is 40.9 Å². The lowest BCUT2D eigenvalue weighted by molar-refractivity contribution is -0.384. The number of hydrogen-bond acceptors (Lipinski definition) is 7. The van der Waals surface area contributed by atoms with Gasteiger partial charge in [-0.1, -0.05) is 19.3 Å². The number of nitro groups is 1. The average Bonchev–Trinajstić information content (AvgIpc) is 3.14. The fourth-order valence-corrected chi connectivity index (χ4v) is 6.64. The predicted octanol–water partition coefficient (Wildman–Crippen LogP) is 2.58. The van der Waals surface area contributed by atoms with E-state index >= 15 is 0 Å². The highest BCUT2D eigenvalue weighted by molar-refractivity contribution is 6.22. The molecule has 0 unspecified atom stereocenters. The Morgan fingerprint density at radius 2 is 1.54 bits per heavy atom. The summed E-state index contributed by atoms with van der Waals surface area (Å²) >= 11 is 0. The monoisotopic (exact) mass is 483 g/mol. The number of amides is 3. The number of rotatable bonds is 5. The Morgan fingerprint density at radius 3 is 2.09 bits per heavy atom. The molecule has 3 heterocycles. The lowest BCUT2D eigenvalue weighted by Crippen LogP contribution is -2.63. The Balaban J connectivity index is 1.39. The largest absolute Gasteiger partial charge is 0.368 e. The molecule has 2 N–H and O–H groups in total. The second-order valence-corrected chi connectivity index (χ2v) is 10.4. The van der Waals surface area contributed by atoms with E-state index in [0.717, 1.165) is 50.1 Å².